The highest BCUT2D eigenvalue weighted by Crippen LogP contribution is 2.24. The lowest BCUT2D eigenvalue weighted by atomic mass is 10.1. The van der Waals surface area contributed by atoms with Gasteiger partial charge in [0.05, 0.1) is 6.10 Å². The Hall–Kier alpha value is -0.0700. The van der Waals surface area contributed by atoms with Gasteiger partial charge in [-0.05, 0) is 38.3 Å². The van der Waals surface area contributed by atoms with Gasteiger partial charge in [-0.15, -0.1) is 24.8 Å². The molecular formula is C15H31Cl2N3O2. The molecule has 7 heteroatoms. The van der Waals surface area contributed by atoms with Gasteiger partial charge in [-0.1, -0.05) is 13.8 Å². The van der Waals surface area contributed by atoms with Crippen LogP contribution in [0.4, 0.5) is 0 Å². The highest BCUT2D eigenvalue weighted by molar-refractivity contribution is 5.85. The zero-order chi connectivity index (χ0) is 14.5. The molecule has 2 fully saturated rings. The Morgan fingerprint density at radius 1 is 1.23 bits per heavy atom. The van der Waals surface area contributed by atoms with E-state index in [9.17, 15) is 4.79 Å². The van der Waals surface area contributed by atoms with Crippen molar-refractivity contribution in [2.45, 2.75) is 45.3 Å². The van der Waals surface area contributed by atoms with Crippen LogP contribution in [0.25, 0.3) is 0 Å². The fourth-order valence-electron chi connectivity index (χ4n) is 3.29. The molecule has 22 heavy (non-hydrogen) atoms. The van der Waals surface area contributed by atoms with Crippen LogP contribution in [0.3, 0.4) is 0 Å². The number of carbonyl (C=O) groups is 1. The van der Waals surface area contributed by atoms with Gasteiger partial charge in [0.2, 0.25) is 0 Å². The van der Waals surface area contributed by atoms with Crippen molar-refractivity contribution >= 4 is 30.7 Å². The number of nitrogens with two attached hydrogens (primary N) is 1. The fraction of sp³-hybridized carbons (Fsp3) is 0.933. The third-order valence-corrected chi connectivity index (χ3v) is 4.65. The lowest BCUT2D eigenvalue weighted by Gasteiger charge is -2.24. The van der Waals surface area contributed by atoms with Crippen molar-refractivity contribution in [2.24, 2.45) is 11.7 Å². The Kier molecular flexibility index (Phi) is 10.6. The number of ether oxygens (including phenoxy) is 1. The van der Waals surface area contributed by atoms with E-state index in [2.05, 4.69) is 18.7 Å². The number of amides is 1. The zero-order valence-corrected chi connectivity index (χ0v) is 15.3. The summed E-state index contributed by atoms with van der Waals surface area (Å²) in [5.41, 5.74) is 5.60. The maximum Gasteiger partial charge on any atom is 0.251 e. The second-order valence-corrected chi connectivity index (χ2v) is 5.98. The molecule has 1 unspecified atom stereocenters. The van der Waals surface area contributed by atoms with Gasteiger partial charge in [-0.25, -0.2) is 0 Å². The van der Waals surface area contributed by atoms with Gasteiger partial charge in [0, 0.05) is 26.2 Å². The smallest absolute Gasteiger partial charge is 0.251 e. The Bertz CT molecular complexity index is 330. The number of halogens is 2. The minimum Gasteiger partial charge on any atom is -0.364 e. The van der Waals surface area contributed by atoms with Crippen molar-refractivity contribution in [2.75, 3.05) is 39.3 Å². The Balaban J connectivity index is 0.00000220. The minimum atomic E-state index is -0.240. The molecule has 2 aliphatic heterocycles. The van der Waals surface area contributed by atoms with Gasteiger partial charge in [0.1, 0.15) is 6.10 Å². The van der Waals surface area contributed by atoms with E-state index in [-0.39, 0.29) is 42.9 Å². The third-order valence-electron chi connectivity index (χ3n) is 4.65. The quantitative estimate of drug-likeness (QED) is 0.784. The summed E-state index contributed by atoms with van der Waals surface area (Å²) in [6.45, 7) is 9.97. The van der Waals surface area contributed by atoms with Crippen molar-refractivity contribution in [1.29, 1.82) is 0 Å². The summed E-state index contributed by atoms with van der Waals surface area (Å²) >= 11 is 0. The average molecular weight is 356 g/mol. The van der Waals surface area contributed by atoms with E-state index in [0.29, 0.717) is 12.5 Å². The summed E-state index contributed by atoms with van der Waals surface area (Å²) in [5.74, 6) is 0.800. The largest absolute Gasteiger partial charge is 0.364 e. The van der Waals surface area contributed by atoms with Crippen LogP contribution < -0.4 is 5.73 Å². The number of hydrogen-bond donors (Lipinski definition) is 1. The summed E-state index contributed by atoms with van der Waals surface area (Å²) < 4.78 is 5.72. The van der Waals surface area contributed by atoms with Crippen molar-refractivity contribution in [3.05, 3.63) is 0 Å². The molecule has 2 rings (SSSR count). The summed E-state index contributed by atoms with van der Waals surface area (Å²) in [7, 11) is 0. The van der Waals surface area contributed by atoms with Gasteiger partial charge in [0.15, 0.2) is 0 Å². The molecule has 2 N–H and O–H groups in total. The molecule has 2 heterocycles. The molecular weight excluding hydrogens is 325 g/mol. The maximum atomic E-state index is 12.4. The Morgan fingerprint density at radius 3 is 2.45 bits per heavy atom. The standard InChI is InChI=1S/C15H29N3O2.2ClH/c1-3-17(4-2)10-12-7-8-18(11-12)15(19)14-6-5-13(9-16)20-14;;/h12-14H,3-11,16H2,1-2H3;2*1H/t12?,13-,14+;;/m1../s1. The van der Waals surface area contributed by atoms with Gasteiger partial charge in [-0.3, -0.25) is 4.79 Å². The first-order chi connectivity index (χ1) is 9.67. The molecule has 0 aliphatic carbocycles. The highest BCUT2D eigenvalue weighted by atomic mass is 35.5. The van der Waals surface area contributed by atoms with Crippen molar-refractivity contribution in [1.82, 2.24) is 9.80 Å². The molecule has 0 radical (unpaired) electrons. The van der Waals surface area contributed by atoms with Crippen LogP contribution in [-0.4, -0.2) is 67.2 Å². The number of nitrogens with zero attached hydrogens (tertiary/aromatic N) is 2. The van der Waals surface area contributed by atoms with E-state index in [1.165, 1.54) is 0 Å². The van der Waals surface area contributed by atoms with Crippen molar-refractivity contribution in [3.63, 3.8) is 0 Å². The molecule has 1 amide bonds. The molecule has 0 spiro atoms. The predicted molar refractivity (Wildman–Crippen MR) is 93.9 cm³/mol. The molecule has 0 bridgehead atoms. The van der Waals surface area contributed by atoms with Crippen LogP contribution in [0, 0.1) is 5.92 Å². The number of hydrogen-bond acceptors (Lipinski definition) is 4. The van der Waals surface area contributed by atoms with Gasteiger partial charge < -0.3 is 20.3 Å². The molecule has 132 valence electrons. The topological polar surface area (TPSA) is 58.8 Å². The predicted octanol–water partition coefficient (Wildman–Crippen LogP) is 1.53. The van der Waals surface area contributed by atoms with Crippen LogP contribution >= 0.6 is 24.8 Å². The van der Waals surface area contributed by atoms with Crippen LogP contribution in [0.1, 0.15) is 33.1 Å². The van der Waals surface area contributed by atoms with E-state index < -0.39 is 0 Å². The molecule has 0 saturated carbocycles. The van der Waals surface area contributed by atoms with Crippen LogP contribution in [0.15, 0.2) is 0 Å². The lowest BCUT2D eigenvalue weighted by molar-refractivity contribution is -0.141. The zero-order valence-electron chi connectivity index (χ0n) is 13.7. The van der Waals surface area contributed by atoms with E-state index in [1.54, 1.807) is 0 Å². The Labute approximate surface area is 146 Å². The number of likely N-dealkylation sites (tertiary alicyclic amines) is 1. The van der Waals surface area contributed by atoms with Crippen LogP contribution in [-0.2, 0) is 9.53 Å². The van der Waals surface area contributed by atoms with Crippen molar-refractivity contribution < 1.29 is 9.53 Å². The fourth-order valence-corrected chi connectivity index (χ4v) is 3.29. The van der Waals surface area contributed by atoms with E-state index in [4.69, 9.17) is 10.5 Å². The first kappa shape index (κ1) is 21.9. The second kappa shape index (κ2) is 10.7. The summed E-state index contributed by atoms with van der Waals surface area (Å²) in [6, 6.07) is 0. The van der Waals surface area contributed by atoms with E-state index in [1.807, 2.05) is 4.90 Å². The van der Waals surface area contributed by atoms with Crippen LogP contribution in [0.5, 0.6) is 0 Å². The Morgan fingerprint density at radius 2 is 1.91 bits per heavy atom. The molecule has 0 aromatic heterocycles. The monoisotopic (exact) mass is 355 g/mol. The minimum absolute atomic E-state index is 0. The normalized spacial score (nSPS) is 27.6. The molecule has 3 atom stereocenters. The van der Waals surface area contributed by atoms with Crippen molar-refractivity contribution in [3.8, 4) is 0 Å². The summed E-state index contributed by atoms with van der Waals surface area (Å²) in [5, 5.41) is 0. The highest BCUT2D eigenvalue weighted by Gasteiger charge is 2.36. The van der Waals surface area contributed by atoms with E-state index >= 15 is 0 Å². The van der Waals surface area contributed by atoms with E-state index in [0.717, 1.165) is 52.0 Å². The molecule has 0 aromatic carbocycles. The molecule has 2 saturated heterocycles. The molecule has 2 aliphatic rings. The molecule has 0 aromatic rings. The van der Waals surface area contributed by atoms with Gasteiger partial charge in [0.25, 0.3) is 5.91 Å². The number of rotatable bonds is 6. The first-order valence-electron chi connectivity index (χ1n) is 8.04. The lowest BCUT2D eigenvalue weighted by Crippen LogP contribution is -2.39. The van der Waals surface area contributed by atoms with Crippen LogP contribution in [0.2, 0.25) is 0 Å². The summed E-state index contributed by atoms with van der Waals surface area (Å²) in [4.78, 5) is 16.9. The van der Waals surface area contributed by atoms with Gasteiger partial charge >= 0.3 is 0 Å². The third kappa shape index (κ3) is 5.53. The second-order valence-electron chi connectivity index (χ2n) is 5.98. The molecule has 5 nitrogen and oxygen atoms in total. The first-order valence-corrected chi connectivity index (χ1v) is 8.04. The van der Waals surface area contributed by atoms with Gasteiger partial charge in [-0.2, -0.15) is 0 Å². The SMILES string of the molecule is CCN(CC)CC1CCN(C(=O)[C@@H]2CC[C@H](CN)O2)C1.Cl.Cl. The summed E-state index contributed by atoms with van der Waals surface area (Å²) in [6.07, 6.45) is 2.71. The average Bonchev–Trinajstić information content (AvgIpc) is 3.13. The number of carbonyl (C=O) groups excluding carboxylic acids is 1. The maximum absolute atomic E-state index is 12.4.